The van der Waals surface area contributed by atoms with Crippen molar-refractivity contribution in [2.75, 3.05) is 37.6 Å². The molecule has 2 N–H and O–H groups in total. The molecule has 3 heterocycles. The molecule has 2 aliphatic rings. The number of aryl methyl sites for hydroxylation is 1. The molecule has 0 bridgehead atoms. The van der Waals surface area contributed by atoms with E-state index in [2.05, 4.69) is 40.1 Å². The van der Waals surface area contributed by atoms with E-state index in [1.807, 2.05) is 42.5 Å². The number of aromatic nitrogens is 1. The van der Waals surface area contributed by atoms with E-state index < -0.39 is 0 Å². The zero-order valence-electron chi connectivity index (χ0n) is 19.6. The van der Waals surface area contributed by atoms with Crippen LogP contribution in [-0.4, -0.2) is 43.6 Å². The molecule has 2 aliphatic heterocycles. The third-order valence-electron chi connectivity index (χ3n) is 6.53. The number of benzene rings is 2. The molecule has 0 spiro atoms. The number of carbonyl (C=O) groups excluding carboxylic acids is 1. The zero-order valence-corrected chi connectivity index (χ0v) is 21.2. The highest BCUT2D eigenvalue weighted by Gasteiger charge is 2.25. The van der Waals surface area contributed by atoms with Crippen LogP contribution < -0.4 is 15.5 Å². The van der Waals surface area contributed by atoms with Crippen molar-refractivity contribution < 1.29 is 9.21 Å². The molecule has 8 heteroatoms. The largest absolute Gasteiger partial charge is 0.423 e. The molecule has 2 fully saturated rings. The Balaban J connectivity index is 0.000000291. The summed E-state index contributed by atoms with van der Waals surface area (Å²) in [6.07, 6.45) is 3.97. The second-order valence-corrected chi connectivity index (χ2v) is 10.1. The monoisotopic (exact) mass is 500 g/mol. The third kappa shape index (κ3) is 6.90. The van der Waals surface area contributed by atoms with Crippen LogP contribution in [-0.2, 0) is 4.79 Å². The fourth-order valence-electron chi connectivity index (χ4n) is 4.37. The Morgan fingerprint density at radius 1 is 1.15 bits per heavy atom. The van der Waals surface area contributed by atoms with Crippen molar-refractivity contribution in [3.05, 3.63) is 53.1 Å². The average Bonchev–Trinajstić information content (AvgIpc) is 3.29. The SMILES string of the molecule is Cc1ccc(S)cc1.O=C(NCC1CCN(c2nc3cc(Cl)ccc3o2)CC1)C1CCNCC1. The van der Waals surface area contributed by atoms with Gasteiger partial charge in [-0.1, -0.05) is 29.3 Å². The highest BCUT2D eigenvalue weighted by atomic mass is 35.5. The number of carbonyl (C=O) groups is 1. The summed E-state index contributed by atoms with van der Waals surface area (Å²) in [6.45, 7) is 6.54. The van der Waals surface area contributed by atoms with Crippen molar-refractivity contribution in [3.63, 3.8) is 0 Å². The normalized spacial score (nSPS) is 17.3. The van der Waals surface area contributed by atoms with Crippen molar-refractivity contribution in [1.29, 1.82) is 0 Å². The number of thiol groups is 1. The number of nitrogens with zero attached hydrogens (tertiary/aromatic N) is 2. The van der Waals surface area contributed by atoms with E-state index in [-0.39, 0.29) is 11.8 Å². The number of anilines is 1. The van der Waals surface area contributed by atoms with Crippen molar-refractivity contribution in [1.82, 2.24) is 15.6 Å². The molecule has 0 unspecified atom stereocenters. The summed E-state index contributed by atoms with van der Waals surface area (Å²) in [6, 6.07) is 14.2. The van der Waals surface area contributed by atoms with E-state index in [1.54, 1.807) is 0 Å². The minimum absolute atomic E-state index is 0.183. The molecule has 34 heavy (non-hydrogen) atoms. The van der Waals surface area contributed by atoms with Gasteiger partial charge in [-0.3, -0.25) is 4.79 Å². The van der Waals surface area contributed by atoms with Crippen molar-refractivity contribution in [2.45, 2.75) is 37.5 Å². The predicted octanol–water partition coefficient (Wildman–Crippen LogP) is 5.10. The number of hydrogen-bond donors (Lipinski definition) is 3. The van der Waals surface area contributed by atoms with E-state index in [0.29, 0.717) is 17.0 Å². The van der Waals surface area contributed by atoms with Crippen LogP contribution in [0.25, 0.3) is 11.1 Å². The van der Waals surface area contributed by atoms with Gasteiger partial charge in [0.15, 0.2) is 5.58 Å². The van der Waals surface area contributed by atoms with E-state index >= 15 is 0 Å². The molecule has 6 nitrogen and oxygen atoms in total. The number of piperidine rings is 2. The number of fused-ring (bicyclic) bond motifs is 1. The van der Waals surface area contributed by atoms with Gasteiger partial charge in [0.25, 0.3) is 6.01 Å². The fraction of sp³-hybridized carbons (Fsp3) is 0.462. The lowest BCUT2D eigenvalue weighted by Gasteiger charge is -2.31. The third-order valence-corrected chi connectivity index (χ3v) is 7.07. The van der Waals surface area contributed by atoms with Gasteiger partial charge in [0, 0.05) is 35.5 Å². The summed E-state index contributed by atoms with van der Waals surface area (Å²) in [5, 5.41) is 7.13. The van der Waals surface area contributed by atoms with Gasteiger partial charge in [-0.05, 0) is 81.9 Å². The topological polar surface area (TPSA) is 70.4 Å². The lowest BCUT2D eigenvalue weighted by atomic mass is 9.95. The first-order valence-corrected chi connectivity index (χ1v) is 12.9. The highest BCUT2D eigenvalue weighted by Crippen LogP contribution is 2.27. The van der Waals surface area contributed by atoms with E-state index in [9.17, 15) is 4.79 Å². The second-order valence-electron chi connectivity index (χ2n) is 9.14. The van der Waals surface area contributed by atoms with Gasteiger partial charge in [0.1, 0.15) is 5.52 Å². The van der Waals surface area contributed by atoms with Gasteiger partial charge in [0.05, 0.1) is 0 Å². The molecule has 0 saturated carbocycles. The number of oxazole rings is 1. The minimum atomic E-state index is 0.183. The average molecular weight is 501 g/mol. The Labute approximate surface area is 211 Å². The zero-order chi connectivity index (χ0) is 23.9. The first-order chi connectivity index (χ1) is 16.5. The quantitative estimate of drug-likeness (QED) is 0.435. The Bertz CT molecular complexity index is 1050. The number of nitrogens with one attached hydrogen (secondary N) is 2. The van der Waals surface area contributed by atoms with Crippen LogP contribution in [0.2, 0.25) is 5.02 Å². The highest BCUT2D eigenvalue weighted by molar-refractivity contribution is 7.80. The molecule has 1 amide bonds. The fourth-order valence-corrected chi connectivity index (χ4v) is 4.69. The smallest absolute Gasteiger partial charge is 0.298 e. The van der Waals surface area contributed by atoms with Crippen LogP contribution in [0.5, 0.6) is 0 Å². The first kappa shape index (κ1) is 24.9. The Morgan fingerprint density at radius 2 is 1.85 bits per heavy atom. The Hall–Kier alpha value is -2.22. The van der Waals surface area contributed by atoms with Gasteiger partial charge in [-0.15, -0.1) is 12.6 Å². The molecule has 0 radical (unpaired) electrons. The van der Waals surface area contributed by atoms with Gasteiger partial charge >= 0.3 is 0 Å². The number of amides is 1. The molecular formula is C26H33ClN4O2S. The summed E-state index contributed by atoms with van der Waals surface area (Å²) < 4.78 is 5.86. The summed E-state index contributed by atoms with van der Waals surface area (Å²) in [5.41, 5.74) is 2.84. The minimum Gasteiger partial charge on any atom is -0.423 e. The molecule has 182 valence electrons. The van der Waals surface area contributed by atoms with Crippen LogP contribution in [0, 0.1) is 18.8 Å². The number of rotatable bonds is 4. The Morgan fingerprint density at radius 3 is 2.53 bits per heavy atom. The number of hydrogen-bond acceptors (Lipinski definition) is 6. The maximum absolute atomic E-state index is 12.3. The first-order valence-electron chi connectivity index (χ1n) is 12.0. The summed E-state index contributed by atoms with van der Waals surface area (Å²) in [5.74, 6) is 0.934. The molecular weight excluding hydrogens is 468 g/mol. The summed E-state index contributed by atoms with van der Waals surface area (Å²) in [7, 11) is 0. The molecule has 3 aromatic rings. The van der Waals surface area contributed by atoms with Crippen LogP contribution in [0.4, 0.5) is 6.01 Å². The van der Waals surface area contributed by atoms with E-state index in [1.165, 1.54) is 5.56 Å². The lowest BCUT2D eigenvalue weighted by Crippen LogP contribution is -2.42. The van der Waals surface area contributed by atoms with Gasteiger partial charge in [-0.2, -0.15) is 4.98 Å². The van der Waals surface area contributed by atoms with Crippen molar-refractivity contribution in [3.8, 4) is 0 Å². The predicted molar refractivity (Wildman–Crippen MR) is 141 cm³/mol. The summed E-state index contributed by atoms with van der Waals surface area (Å²) in [4.78, 5) is 20.0. The lowest BCUT2D eigenvalue weighted by molar-refractivity contribution is -0.125. The Kier molecular flexibility index (Phi) is 8.75. The molecule has 5 rings (SSSR count). The number of halogens is 1. The molecule has 1 aromatic heterocycles. The van der Waals surface area contributed by atoms with E-state index in [4.69, 9.17) is 16.0 Å². The van der Waals surface area contributed by atoms with E-state index in [0.717, 1.165) is 74.4 Å². The molecule has 0 aliphatic carbocycles. The van der Waals surface area contributed by atoms with Gasteiger partial charge in [0.2, 0.25) is 5.91 Å². The van der Waals surface area contributed by atoms with Crippen LogP contribution >= 0.6 is 24.2 Å². The maximum atomic E-state index is 12.3. The van der Waals surface area contributed by atoms with Crippen molar-refractivity contribution >= 4 is 47.3 Å². The molecule has 2 aromatic carbocycles. The maximum Gasteiger partial charge on any atom is 0.298 e. The standard InChI is InChI=1S/C19H25ClN4O2.C7H8S/c20-15-1-2-17-16(11-15)23-19(26-17)24-9-5-13(6-10-24)12-22-18(25)14-3-7-21-8-4-14;1-6-2-4-7(8)5-3-6/h1-2,11,13-14,21H,3-10,12H2,(H,22,25);2-5,8H,1H3. The second kappa shape index (κ2) is 12.0. The van der Waals surface area contributed by atoms with Crippen molar-refractivity contribution in [2.24, 2.45) is 11.8 Å². The van der Waals surface area contributed by atoms with Crippen LogP contribution in [0.15, 0.2) is 51.8 Å². The molecule has 0 atom stereocenters. The molecule has 2 saturated heterocycles. The van der Waals surface area contributed by atoms with Gasteiger partial charge in [-0.25, -0.2) is 0 Å². The van der Waals surface area contributed by atoms with Crippen LogP contribution in [0.1, 0.15) is 31.2 Å². The van der Waals surface area contributed by atoms with Crippen LogP contribution in [0.3, 0.4) is 0 Å². The summed E-state index contributed by atoms with van der Waals surface area (Å²) >= 11 is 10.1. The van der Waals surface area contributed by atoms with Gasteiger partial charge < -0.3 is 20.0 Å².